The topological polar surface area (TPSA) is 54.2 Å². The summed E-state index contributed by atoms with van der Waals surface area (Å²) in [5.41, 5.74) is 0.970. The Morgan fingerprint density at radius 1 is 1.35 bits per heavy atom. The fourth-order valence-electron chi connectivity index (χ4n) is 2.65. The van der Waals surface area contributed by atoms with Crippen LogP contribution in [0.3, 0.4) is 0 Å². The molecule has 106 valence electrons. The van der Waals surface area contributed by atoms with Gasteiger partial charge in [-0.2, -0.15) is 4.98 Å². The highest BCUT2D eigenvalue weighted by molar-refractivity contribution is 5.51. The van der Waals surface area contributed by atoms with Crippen molar-refractivity contribution in [3.8, 4) is 11.5 Å². The predicted octanol–water partition coefficient (Wildman–Crippen LogP) is 1.92. The molecule has 1 aliphatic heterocycles. The zero-order valence-corrected chi connectivity index (χ0v) is 11.7. The molecule has 0 bridgehead atoms. The fraction of sp³-hybridized carbons (Fsp3) is 0.467. The Balaban J connectivity index is 1.65. The van der Waals surface area contributed by atoms with E-state index in [-0.39, 0.29) is 0 Å². The van der Waals surface area contributed by atoms with Crippen LogP contribution in [0.1, 0.15) is 18.7 Å². The number of likely N-dealkylation sites (N-methyl/N-ethyl adjacent to an activating group) is 1. The monoisotopic (exact) mass is 272 g/mol. The second-order valence-corrected chi connectivity index (χ2v) is 5.24. The van der Waals surface area contributed by atoms with E-state index in [1.54, 1.807) is 0 Å². The minimum Gasteiger partial charge on any atom is -0.334 e. The standard InChI is InChI=1S/C15H20N4O/c1-16-13-8-5-9-19(10-13)11-14-17-15(20-18-14)12-6-3-2-4-7-12/h2-4,6-7,13,16H,5,8-11H2,1H3. The molecule has 1 atom stereocenters. The van der Waals surface area contributed by atoms with Crippen molar-refractivity contribution in [2.75, 3.05) is 20.1 Å². The molecule has 5 heteroatoms. The van der Waals surface area contributed by atoms with Crippen LogP contribution in [0.25, 0.3) is 11.5 Å². The van der Waals surface area contributed by atoms with Crippen LogP contribution in [0.4, 0.5) is 0 Å². The lowest BCUT2D eigenvalue weighted by molar-refractivity contribution is 0.182. The molecular formula is C15H20N4O. The van der Waals surface area contributed by atoms with Crippen LogP contribution in [0.15, 0.2) is 34.9 Å². The predicted molar refractivity (Wildman–Crippen MR) is 77.1 cm³/mol. The maximum absolute atomic E-state index is 5.34. The molecular weight excluding hydrogens is 252 g/mol. The van der Waals surface area contributed by atoms with Crippen LogP contribution >= 0.6 is 0 Å². The summed E-state index contributed by atoms with van der Waals surface area (Å²) in [4.78, 5) is 6.86. The molecule has 0 spiro atoms. The van der Waals surface area contributed by atoms with E-state index in [0.29, 0.717) is 11.9 Å². The maximum Gasteiger partial charge on any atom is 0.257 e. The lowest BCUT2D eigenvalue weighted by Gasteiger charge is -2.31. The quantitative estimate of drug-likeness (QED) is 0.921. The van der Waals surface area contributed by atoms with Gasteiger partial charge in [-0.1, -0.05) is 23.4 Å². The van der Waals surface area contributed by atoms with Gasteiger partial charge < -0.3 is 9.84 Å². The van der Waals surface area contributed by atoms with Gasteiger partial charge in [0, 0.05) is 18.2 Å². The highest BCUT2D eigenvalue weighted by atomic mass is 16.5. The van der Waals surface area contributed by atoms with Crippen molar-refractivity contribution in [3.05, 3.63) is 36.2 Å². The minimum atomic E-state index is 0.573. The van der Waals surface area contributed by atoms with Gasteiger partial charge in [-0.3, -0.25) is 4.90 Å². The van der Waals surface area contributed by atoms with E-state index in [1.165, 1.54) is 12.8 Å². The third-order valence-corrected chi connectivity index (χ3v) is 3.77. The van der Waals surface area contributed by atoms with Crippen LogP contribution in [0, 0.1) is 0 Å². The Hall–Kier alpha value is -1.72. The molecule has 0 saturated carbocycles. The fourth-order valence-corrected chi connectivity index (χ4v) is 2.65. The maximum atomic E-state index is 5.34. The molecule has 1 saturated heterocycles. The normalized spacial score (nSPS) is 20.1. The number of hydrogen-bond acceptors (Lipinski definition) is 5. The number of hydrogen-bond donors (Lipinski definition) is 1. The molecule has 0 amide bonds. The van der Waals surface area contributed by atoms with Gasteiger partial charge >= 0.3 is 0 Å². The Bertz CT molecular complexity index is 540. The summed E-state index contributed by atoms with van der Waals surface area (Å²) >= 11 is 0. The Labute approximate surface area is 119 Å². The molecule has 2 heterocycles. The first-order valence-electron chi connectivity index (χ1n) is 7.13. The van der Waals surface area contributed by atoms with Crippen LogP contribution in [-0.2, 0) is 6.54 Å². The average Bonchev–Trinajstić information content (AvgIpc) is 2.97. The molecule has 1 aromatic heterocycles. The summed E-state index contributed by atoms with van der Waals surface area (Å²) in [6.07, 6.45) is 2.46. The molecule has 0 radical (unpaired) electrons. The number of rotatable bonds is 4. The smallest absolute Gasteiger partial charge is 0.257 e. The van der Waals surface area contributed by atoms with Crippen molar-refractivity contribution in [3.63, 3.8) is 0 Å². The van der Waals surface area contributed by atoms with Crippen molar-refractivity contribution in [2.45, 2.75) is 25.4 Å². The van der Waals surface area contributed by atoms with Gasteiger partial charge in [0.15, 0.2) is 5.82 Å². The van der Waals surface area contributed by atoms with E-state index in [9.17, 15) is 0 Å². The molecule has 0 aliphatic carbocycles. The molecule has 1 aromatic carbocycles. The average molecular weight is 272 g/mol. The highest BCUT2D eigenvalue weighted by Gasteiger charge is 2.20. The number of likely N-dealkylation sites (tertiary alicyclic amines) is 1. The molecule has 1 aliphatic rings. The summed E-state index contributed by atoms with van der Waals surface area (Å²) in [6, 6.07) is 10.5. The van der Waals surface area contributed by atoms with E-state index in [1.807, 2.05) is 37.4 Å². The SMILES string of the molecule is CNC1CCCN(Cc2noc(-c3ccccc3)n2)C1. The number of piperidine rings is 1. The Morgan fingerprint density at radius 2 is 2.20 bits per heavy atom. The van der Waals surface area contributed by atoms with Crippen molar-refractivity contribution >= 4 is 0 Å². The van der Waals surface area contributed by atoms with Gasteiger partial charge in [0.2, 0.25) is 0 Å². The van der Waals surface area contributed by atoms with Gasteiger partial charge in [0.1, 0.15) is 0 Å². The second-order valence-electron chi connectivity index (χ2n) is 5.24. The largest absolute Gasteiger partial charge is 0.334 e. The van der Waals surface area contributed by atoms with Crippen LogP contribution in [-0.4, -0.2) is 41.2 Å². The molecule has 1 unspecified atom stereocenters. The van der Waals surface area contributed by atoms with Crippen LogP contribution < -0.4 is 5.32 Å². The third kappa shape index (κ3) is 3.05. The van der Waals surface area contributed by atoms with Crippen molar-refractivity contribution in [1.29, 1.82) is 0 Å². The zero-order chi connectivity index (χ0) is 13.8. The second kappa shape index (κ2) is 6.15. The minimum absolute atomic E-state index is 0.573. The first-order chi connectivity index (χ1) is 9.85. The van der Waals surface area contributed by atoms with Crippen molar-refractivity contribution in [1.82, 2.24) is 20.4 Å². The van der Waals surface area contributed by atoms with E-state index in [0.717, 1.165) is 31.0 Å². The van der Waals surface area contributed by atoms with Crippen molar-refractivity contribution < 1.29 is 4.52 Å². The first-order valence-corrected chi connectivity index (χ1v) is 7.13. The lowest BCUT2D eigenvalue weighted by atomic mass is 10.1. The molecule has 3 rings (SSSR count). The molecule has 1 fully saturated rings. The molecule has 20 heavy (non-hydrogen) atoms. The Kier molecular flexibility index (Phi) is 4.08. The van der Waals surface area contributed by atoms with E-state index < -0.39 is 0 Å². The number of benzene rings is 1. The van der Waals surface area contributed by atoms with E-state index in [4.69, 9.17) is 4.52 Å². The number of nitrogens with zero attached hydrogens (tertiary/aromatic N) is 3. The lowest BCUT2D eigenvalue weighted by Crippen LogP contribution is -2.44. The summed E-state index contributed by atoms with van der Waals surface area (Å²) in [5, 5.41) is 7.43. The summed E-state index contributed by atoms with van der Waals surface area (Å²) in [7, 11) is 2.02. The van der Waals surface area contributed by atoms with Gasteiger partial charge in [0.05, 0.1) is 6.54 Å². The third-order valence-electron chi connectivity index (χ3n) is 3.77. The summed E-state index contributed by atoms with van der Waals surface area (Å²) in [6.45, 7) is 2.91. The molecule has 2 aromatic rings. The molecule has 1 N–H and O–H groups in total. The summed E-state index contributed by atoms with van der Waals surface area (Å²) < 4.78 is 5.34. The van der Waals surface area contributed by atoms with E-state index >= 15 is 0 Å². The zero-order valence-electron chi connectivity index (χ0n) is 11.7. The number of nitrogens with one attached hydrogen (secondary N) is 1. The summed E-state index contributed by atoms with van der Waals surface area (Å²) in [5.74, 6) is 1.36. The van der Waals surface area contributed by atoms with Gasteiger partial charge in [-0.05, 0) is 38.6 Å². The van der Waals surface area contributed by atoms with Crippen LogP contribution in [0.2, 0.25) is 0 Å². The van der Waals surface area contributed by atoms with Crippen LogP contribution in [0.5, 0.6) is 0 Å². The van der Waals surface area contributed by atoms with Gasteiger partial charge in [-0.15, -0.1) is 0 Å². The van der Waals surface area contributed by atoms with Gasteiger partial charge in [0.25, 0.3) is 5.89 Å². The van der Waals surface area contributed by atoms with Gasteiger partial charge in [-0.25, -0.2) is 0 Å². The first kappa shape index (κ1) is 13.3. The van der Waals surface area contributed by atoms with Crippen molar-refractivity contribution in [2.24, 2.45) is 0 Å². The Morgan fingerprint density at radius 3 is 3.00 bits per heavy atom. The van der Waals surface area contributed by atoms with E-state index in [2.05, 4.69) is 20.4 Å². The number of aromatic nitrogens is 2. The highest BCUT2D eigenvalue weighted by Crippen LogP contribution is 2.18. The molecule has 5 nitrogen and oxygen atoms in total.